The van der Waals surface area contributed by atoms with Gasteiger partial charge in [-0.1, -0.05) is 25.6 Å². The molecule has 2 rings (SSSR count). The molecule has 1 heterocycles. The van der Waals surface area contributed by atoms with Gasteiger partial charge in [-0.15, -0.1) is 4.40 Å². The molecule has 0 saturated carbocycles. The second-order valence-corrected chi connectivity index (χ2v) is 6.94. The minimum absolute atomic E-state index is 0. The molecule has 0 saturated heterocycles. The molecule has 18 heavy (non-hydrogen) atoms. The lowest BCUT2D eigenvalue weighted by Crippen LogP contribution is -2.20. The molecular formula is C10H13FN2O3S2. The fourth-order valence-corrected chi connectivity index (χ4v) is 3.49. The Labute approximate surface area is 109 Å². The second-order valence-electron chi connectivity index (χ2n) is 3.80. The molecule has 0 aliphatic carbocycles. The molecule has 0 bridgehead atoms. The van der Waals surface area contributed by atoms with Crippen LogP contribution in [0.1, 0.15) is 13.8 Å². The Bertz CT molecular complexity index is 585. The van der Waals surface area contributed by atoms with Gasteiger partial charge in [0.05, 0.1) is 5.69 Å². The molecule has 1 aliphatic heterocycles. The van der Waals surface area contributed by atoms with Gasteiger partial charge in [0.1, 0.15) is 10.7 Å². The molecule has 0 radical (unpaired) electrons. The van der Waals surface area contributed by atoms with Crippen molar-refractivity contribution in [3.05, 3.63) is 24.0 Å². The van der Waals surface area contributed by atoms with E-state index in [9.17, 15) is 12.8 Å². The van der Waals surface area contributed by atoms with E-state index >= 15 is 0 Å². The summed E-state index contributed by atoms with van der Waals surface area (Å²) < 4.78 is 40.2. The third-order valence-corrected chi connectivity index (χ3v) is 4.33. The number of hydrogen-bond acceptors (Lipinski definition) is 4. The topological polar surface area (TPSA) is 90.0 Å². The summed E-state index contributed by atoms with van der Waals surface area (Å²) in [5.41, 5.74) is 0.365. The lowest BCUT2D eigenvalue weighted by molar-refractivity contribution is 0.592. The molecule has 1 aromatic carbocycles. The van der Waals surface area contributed by atoms with Crippen molar-refractivity contribution in [2.75, 3.05) is 5.32 Å². The SMILES string of the molecule is CC(C)SC1=NS(=O)(=O)c2cc(F)ccc2N1.O. The van der Waals surface area contributed by atoms with Crippen LogP contribution in [-0.2, 0) is 10.0 Å². The number of anilines is 1. The highest BCUT2D eigenvalue weighted by molar-refractivity contribution is 8.15. The fourth-order valence-electron chi connectivity index (χ4n) is 1.38. The normalized spacial score (nSPS) is 16.3. The highest BCUT2D eigenvalue weighted by Gasteiger charge is 2.25. The molecule has 100 valence electrons. The molecule has 0 spiro atoms. The van der Waals surface area contributed by atoms with Gasteiger partial charge in [0.15, 0.2) is 5.17 Å². The van der Waals surface area contributed by atoms with Gasteiger partial charge >= 0.3 is 0 Å². The van der Waals surface area contributed by atoms with Crippen molar-refractivity contribution >= 4 is 32.6 Å². The van der Waals surface area contributed by atoms with Crippen molar-refractivity contribution in [1.82, 2.24) is 0 Å². The highest BCUT2D eigenvalue weighted by Crippen LogP contribution is 2.30. The number of nitrogens with one attached hydrogen (secondary N) is 1. The van der Waals surface area contributed by atoms with Crippen molar-refractivity contribution in [3.63, 3.8) is 0 Å². The number of amidine groups is 1. The first-order valence-electron chi connectivity index (χ1n) is 4.97. The van der Waals surface area contributed by atoms with E-state index in [-0.39, 0.29) is 15.6 Å². The maximum absolute atomic E-state index is 13.0. The summed E-state index contributed by atoms with van der Waals surface area (Å²) in [5.74, 6) is -0.593. The molecule has 0 unspecified atom stereocenters. The molecule has 0 fully saturated rings. The number of thioether (sulfide) groups is 1. The van der Waals surface area contributed by atoms with Gasteiger partial charge in [0, 0.05) is 5.25 Å². The number of benzene rings is 1. The Morgan fingerprint density at radius 2 is 2.06 bits per heavy atom. The van der Waals surface area contributed by atoms with Crippen LogP contribution in [0.15, 0.2) is 27.5 Å². The van der Waals surface area contributed by atoms with Crippen LogP contribution in [0.2, 0.25) is 0 Å². The maximum Gasteiger partial charge on any atom is 0.286 e. The Kier molecular flexibility index (Phi) is 4.36. The first kappa shape index (κ1) is 14.9. The quantitative estimate of drug-likeness (QED) is 0.851. The Morgan fingerprint density at radius 3 is 2.67 bits per heavy atom. The van der Waals surface area contributed by atoms with Crippen molar-refractivity contribution < 1.29 is 18.3 Å². The van der Waals surface area contributed by atoms with Gasteiger partial charge in [-0.2, -0.15) is 8.42 Å². The molecule has 0 amide bonds. The van der Waals surface area contributed by atoms with E-state index in [1.165, 1.54) is 23.9 Å². The van der Waals surface area contributed by atoms with Gasteiger partial charge in [0.2, 0.25) is 0 Å². The summed E-state index contributed by atoms with van der Waals surface area (Å²) in [5, 5.41) is 3.40. The number of hydrogen-bond donors (Lipinski definition) is 1. The van der Waals surface area contributed by atoms with Gasteiger partial charge < -0.3 is 10.8 Å². The third-order valence-electron chi connectivity index (χ3n) is 2.01. The van der Waals surface area contributed by atoms with E-state index < -0.39 is 15.8 Å². The minimum atomic E-state index is -3.79. The van der Waals surface area contributed by atoms with Crippen LogP contribution in [0, 0.1) is 5.82 Å². The Hall–Kier alpha value is -1.12. The van der Waals surface area contributed by atoms with Crippen molar-refractivity contribution in [3.8, 4) is 0 Å². The van der Waals surface area contributed by atoms with E-state index in [1.807, 2.05) is 13.8 Å². The van der Waals surface area contributed by atoms with E-state index in [2.05, 4.69) is 9.71 Å². The molecule has 8 heteroatoms. The van der Waals surface area contributed by atoms with E-state index in [0.29, 0.717) is 10.9 Å². The first-order chi connectivity index (χ1) is 7.88. The first-order valence-corrected chi connectivity index (χ1v) is 7.28. The van der Waals surface area contributed by atoms with Crippen LogP contribution in [0.5, 0.6) is 0 Å². The van der Waals surface area contributed by atoms with Crippen molar-refractivity contribution in [2.45, 2.75) is 24.0 Å². The highest BCUT2D eigenvalue weighted by atomic mass is 32.2. The number of rotatable bonds is 1. The average Bonchev–Trinajstić information content (AvgIpc) is 2.17. The maximum atomic E-state index is 13.0. The number of halogens is 1. The predicted octanol–water partition coefficient (Wildman–Crippen LogP) is 1.61. The molecule has 1 aliphatic rings. The van der Waals surface area contributed by atoms with Crippen LogP contribution >= 0.6 is 11.8 Å². The second kappa shape index (κ2) is 5.25. The van der Waals surface area contributed by atoms with E-state index in [0.717, 1.165) is 6.07 Å². The fraction of sp³-hybridized carbons (Fsp3) is 0.300. The third kappa shape index (κ3) is 3.01. The zero-order valence-electron chi connectivity index (χ0n) is 9.77. The zero-order valence-corrected chi connectivity index (χ0v) is 11.4. The average molecular weight is 292 g/mol. The summed E-state index contributed by atoms with van der Waals surface area (Å²) in [6, 6.07) is 3.58. The van der Waals surface area contributed by atoms with Gasteiger partial charge in [-0.25, -0.2) is 4.39 Å². The molecule has 3 N–H and O–H groups in total. The van der Waals surface area contributed by atoms with Crippen molar-refractivity contribution in [1.29, 1.82) is 0 Å². The summed E-state index contributed by atoms with van der Waals surface area (Å²) in [4.78, 5) is -0.120. The smallest absolute Gasteiger partial charge is 0.286 e. The van der Waals surface area contributed by atoms with E-state index in [1.54, 1.807) is 0 Å². The summed E-state index contributed by atoms with van der Waals surface area (Å²) in [6.07, 6.45) is 0. The summed E-state index contributed by atoms with van der Waals surface area (Å²) in [6.45, 7) is 3.86. The Balaban J connectivity index is 0.00000162. The molecule has 1 aromatic rings. The van der Waals surface area contributed by atoms with Crippen molar-refractivity contribution in [2.24, 2.45) is 4.40 Å². The van der Waals surface area contributed by atoms with E-state index in [4.69, 9.17) is 0 Å². The number of sulfonamides is 1. The Morgan fingerprint density at radius 1 is 1.39 bits per heavy atom. The predicted molar refractivity (Wildman–Crippen MR) is 71.0 cm³/mol. The number of fused-ring (bicyclic) bond motifs is 1. The van der Waals surface area contributed by atoms with Crippen LogP contribution < -0.4 is 5.32 Å². The van der Waals surface area contributed by atoms with Crippen LogP contribution in [0.3, 0.4) is 0 Å². The summed E-state index contributed by atoms with van der Waals surface area (Å²) in [7, 11) is -3.79. The molecule has 0 atom stereocenters. The number of nitrogens with zero attached hydrogens (tertiary/aromatic N) is 1. The lowest BCUT2D eigenvalue weighted by atomic mass is 10.3. The molecular weight excluding hydrogens is 279 g/mol. The molecule has 5 nitrogen and oxygen atoms in total. The monoisotopic (exact) mass is 292 g/mol. The zero-order chi connectivity index (χ0) is 12.6. The van der Waals surface area contributed by atoms with Gasteiger partial charge in [-0.05, 0) is 18.2 Å². The standard InChI is InChI=1S/C10H11FN2O2S2.H2O/c1-6(2)16-10-12-8-4-3-7(11)5-9(8)17(14,15)13-10;/h3-6H,1-2H3,(H,12,13);1H2. The van der Waals surface area contributed by atoms with Gasteiger partial charge in [-0.3, -0.25) is 0 Å². The minimum Gasteiger partial charge on any atom is -0.412 e. The lowest BCUT2D eigenvalue weighted by Gasteiger charge is -2.18. The largest absolute Gasteiger partial charge is 0.412 e. The van der Waals surface area contributed by atoms with Crippen LogP contribution in [-0.4, -0.2) is 24.3 Å². The van der Waals surface area contributed by atoms with Crippen LogP contribution in [0.4, 0.5) is 10.1 Å². The van der Waals surface area contributed by atoms with Crippen LogP contribution in [0.25, 0.3) is 0 Å². The molecule has 0 aromatic heterocycles. The van der Waals surface area contributed by atoms with Gasteiger partial charge in [0.25, 0.3) is 10.0 Å². The summed E-state index contributed by atoms with van der Waals surface area (Å²) >= 11 is 1.31.